The van der Waals surface area contributed by atoms with Gasteiger partial charge in [-0.2, -0.15) is 0 Å². The smallest absolute Gasteiger partial charge is 0.406 e. The van der Waals surface area contributed by atoms with Crippen LogP contribution in [0.5, 0.6) is 5.75 Å². The minimum Gasteiger partial charge on any atom is -0.406 e. The molecule has 0 aliphatic carbocycles. The van der Waals surface area contributed by atoms with Gasteiger partial charge in [-0.25, -0.2) is 4.98 Å². The van der Waals surface area contributed by atoms with Crippen LogP contribution in [0.25, 0.3) is 11.0 Å². The van der Waals surface area contributed by atoms with Crippen LogP contribution in [-0.2, 0) is 11.3 Å². The summed E-state index contributed by atoms with van der Waals surface area (Å²) >= 11 is 0. The molecular weight excluding hydrogens is 347 g/mol. The van der Waals surface area contributed by atoms with E-state index in [1.54, 1.807) is 10.9 Å². The van der Waals surface area contributed by atoms with E-state index >= 15 is 0 Å². The summed E-state index contributed by atoms with van der Waals surface area (Å²) in [4.78, 5) is 16.5. The van der Waals surface area contributed by atoms with Gasteiger partial charge in [0.05, 0.1) is 17.4 Å². The average Bonchev–Trinajstić information content (AvgIpc) is 2.90. The maximum absolute atomic E-state index is 12.2. The van der Waals surface area contributed by atoms with E-state index in [-0.39, 0.29) is 18.2 Å². The number of carbonyl (C=O) groups excluding carboxylic acids is 1. The molecule has 0 saturated heterocycles. The molecule has 1 N–H and O–H groups in total. The van der Waals surface area contributed by atoms with Gasteiger partial charge in [0.15, 0.2) is 0 Å². The van der Waals surface area contributed by atoms with Gasteiger partial charge < -0.3 is 14.6 Å². The molecular formula is C18H16F3N3O2. The topological polar surface area (TPSA) is 56.2 Å². The van der Waals surface area contributed by atoms with Crippen molar-refractivity contribution < 1.29 is 22.7 Å². The minimum absolute atomic E-state index is 0.0415. The Labute approximate surface area is 147 Å². The molecule has 0 radical (unpaired) electrons. The fourth-order valence-corrected chi connectivity index (χ4v) is 2.53. The molecule has 0 spiro atoms. The Morgan fingerprint density at radius 3 is 2.46 bits per heavy atom. The van der Waals surface area contributed by atoms with Crippen molar-refractivity contribution in [2.45, 2.75) is 26.8 Å². The van der Waals surface area contributed by atoms with Gasteiger partial charge in [-0.05, 0) is 61.4 Å². The highest BCUT2D eigenvalue weighted by molar-refractivity contribution is 5.91. The third-order valence-corrected chi connectivity index (χ3v) is 3.92. The first kappa shape index (κ1) is 17.8. The number of hydrogen-bond donors (Lipinski definition) is 1. The van der Waals surface area contributed by atoms with Crippen molar-refractivity contribution in [3.8, 4) is 5.75 Å². The van der Waals surface area contributed by atoms with Crippen LogP contribution in [-0.4, -0.2) is 21.8 Å². The Bertz CT molecular complexity index is 947. The standard InChI is InChI=1S/C18H16F3N3O2/c1-11-7-15-16(8-12(11)2)24(10-22-15)9-17(25)23-13-3-5-14(6-4-13)26-18(19,20)21/h3-8,10H,9H2,1-2H3,(H,23,25). The molecule has 0 fully saturated rings. The molecule has 0 saturated carbocycles. The van der Waals surface area contributed by atoms with E-state index in [4.69, 9.17) is 0 Å². The second-order valence-corrected chi connectivity index (χ2v) is 5.92. The average molecular weight is 363 g/mol. The number of amides is 1. The molecule has 5 nitrogen and oxygen atoms in total. The molecule has 0 bridgehead atoms. The predicted molar refractivity (Wildman–Crippen MR) is 91.0 cm³/mol. The molecule has 0 unspecified atom stereocenters. The van der Waals surface area contributed by atoms with E-state index < -0.39 is 6.36 Å². The predicted octanol–water partition coefficient (Wildman–Crippen LogP) is 4.19. The number of hydrogen-bond acceptors (Lipinski definition) is 3. The van der Waals surface area contributed by atoms with Crippen LogP contribution in [0.15, 0.2) is 42.7 Å². The first-order valence-corrected chi connectivity index (χ1v) is 7.79. The Morgan fingerprint density at radius 1 is 1.15 bits per heavy atom. The highest BCUT2D eigenvalue weighted by Crippen LogP contribution is 2.24. The van der Waals surface area contributed by atoms with Crippen molar-refractivity contribution in [2.24, 2.45) is 0 Å². The molecule has 1 amide bonds. The molecule has 0 atom stereocenters. The zero-order chi connectivity index (χ0) is 18.9. The van der Waals surface area contributed by atoms with Crippen LogP contribution in [0, 0.1) is 13.8 Å². The SMILES string of the molecule is Cc1cc2ncn(CC(=O)Nc3ccc(OC(F)(F)F)cc3)c2cc1C. The lowest BCUT2D eigenvalue weighted by atomic mass is 10.1. The molecule has 3 rings (SSSR count). The van der Waals surface area contributed by atoms with Gasteiger partial charge in [-0.15, -0.1) is 13.2 Å². The first-order valence-electron chi connectivity index (χ1n) is 7.79. The number of imidazole rings is 1. The second-order valence-electron chi connectivity index (χ2n) is 5.92. The van der Waals surface area contributed by atoms with Crippen LogP contribution in [0.3, 0.4) is 0 Å². The number of benzene rings is 2. The van der Waals surface area contributed by atoms with E-state index in [0.717, 1.165) is 34.3 Å². The molecule has 136 valence electrons. The van der Waals surface area contributed by atoms with E-state index in [1.807, 2.05) is 26.0 Å². The van der Waals surface area contributed by atoms with E-state index in [1.165, 1.54) is 12.1 Å². The zero-order valence-corrected chi connectivity index (χ0v) is 14.1. The van der Waals surface area contributed by atoms with Crippen LogP contribution in [0.4, 0.5) is 18.9 Å². The molecule has 1 aromatic heterocycles. The molecule has 3 aromatic rings. The van der Waals surface area contributed by atoms with Crippen molar-refractivity contribution >= 4 is 22.6 Å². The van der Waals surface area contributed by atoms with E-state index in [0.29, 0.717) is 5.69 Å². The Hall–Kier alpha value is -3.03. The third kappa shape index (κ3) is 4.14. The second kappa shape index (κ2) is 6.70. The summed E-state index contributed by atoms with van der Waals surface area (Å²) in [6.07, 6.45) is -3.16. The number of nitrogens with zero attached hydrogens (tertiary/aromatic N) is 2. The fraction of sp³-hybridized carbons (Fsp3) is 0.222. The van der Waals surface area contributed by atoms with Gasteiger partial charge in [-0.3, -0.25) is 4.79 Å². The number of aryl methyl sites for hydroxylation is 2. The van der Waals surface area contributed by atoms with Gasteiger partial charge >= 0.3 is 6.36 Å². The molecule has 26 heavy (non-hydrogen) atoms. The van der Waals surface area contributed by atoms with Gasteiger partial charge in [0.25, 0.3) is 0 Å². The summed E-state index contributed by atoms with van der Waals surface area (Å²) in [6.45, 7) is 4.02. The van der Waals surface area contributed by atoms with Crippen LogP contribution < -0.4 is 10.1 Å². The molecule has 0 aliphatic rings. The lowest BCUT2D eigenvalue weighted by molar-refractivity contribution is -0.274. The monoisotopic (exact) mass is 363 g/mol. The molecule has 2 aromatic carbocycles. The molecule has 8 heteroatoms. The number of rotatable bonds is 4. The maximum atomic E-state index is 12.2. The van der Waals surface area contributed by atoms with Gasteiger partial charge in [-0.1, -0.05) is 0 Å². The van der Waals surface area contributed by atoms with Crippen molar-refractivity contribution in [2.75, 3.05) is 5.32 Å². The summed E-state index contributed by atoms with van der Waals surface area (Å²) in [5.41, 5.74) is 4.24. The van der Waals surface area contributed by atoms with E-state index in [9.17, 15) is 18.0 Å². The molecule has 0 aliphatic heterocycles. The number of carbonyl (C=O) groups is 1. The highest BCUT2D eigenvalue weighted by Gasteiger charge is 2.30. The normalized spacial score (nSPS) is 11.6. The number of alkyl halides is 3. The molecule has 1 heterocycles. The first-order chi connectivity index (χ1) is 12.2. The van der Waals surface area contributed by atoms with Gasteiger partial charge in [0.2, 0.25) is 5.91 Å². The third-order valence-electron chi connectivity index (χ3n) is 3.92. The Kier molecular flexibility index (Phi) is 4.58. The van der Waals surface area contributed by atoms with Crippen LogP contribution in [0.2, 0.25) is 0 Å². The van der Waals surface area contributed by atoms with Crippen molar-refractivity contribution in [3.05, 3.63) is 53.9 Å². The quantitative estimate of drug-likeness (QED) is 0.756. The summed E-state index contributed by atoms with van der Waals surface area (Å²) in [7, 11) is 0. The lowest BCUT2D eigenvalue weighted by Crippen LogP contribution is -2.19. The Balaban J connectivity index is 1.68. The number of fused-ring (bicyclic) bond motifs is 1. The van der Waals surface area contributed by atoms with Crippen LogP contribution in [0.1, 0.15) is 11.1 Å². The number of nitrogens with one attached hydrogen (secondary N) is 1. The number of anilines is 1. The fourth-order valence-electron chi connectivity index (χ4n) is 2.53. The van der Waals surface area contributed by atoms with Gasteiger partial charge in [0.1, 0.15) is 12.3 Å². The minimum atomic E-state index is -4.75. The largest absolute Gasteiger partial charge is 0.573 e. The highest BCUT2D eigenvalue weighted by atomic mass is 19.4. The van der Waals surface area contributed by atoms with Crippen molar-refractivity contribution in [1.29, 1.82) is 0 Å². The number of ether oxygens (including phenoxy) is 1. The number of aromatic nitrogens is 2. The van der Waals surface area contributed by atoms with Crippen molar-refractivity contribution in [1.82, 2.24) is 9.55 Å². The summed E-state index contributed by atoms with van der Waals surface area (Å²) < 4.78 is 41.9. The van der Waals surface area contributed by atoms with Crippen molar-refractivity contribution in [3.63, 3.8) is 0 Å². The zero-order valence-electron chi connectivity index (χ0n) is 14.1. The summed E-state index contributed by atoms with van der Waals surface area (Å²) in [5, 5.41) is 2.64. The van der Waals surface area contributed by atoms with Crippen LogP contribution >= 0.6 is 0 Å². The number of halogens is 3. The maximum Gasteiger partial charge on any atom is 0.573 e. The summed E-state index contributed by atoms with van der Waals surface area (Å²) in [5.74, 6) is -0.658. The lowest BCUT2D eigenvalue weighted by Gasteiger charge is -2.10. The summed E-state index contributed by atoms with van der Waals surface area (Å²) in [6, 6.07) is 8.90. The van der Waals surface area contributed by atoms with Gasteiger partial charge in [0, 0.05) is 5.69 Å². The Morgan fingerprint density at radius 2 is 1.81 bits per heavy atom. The van der Waals surface area contributed by atoms with E-state index in [2.05, 4.69) is 15.0 Å².